The minimum Gasteiger partial charge on any atom is -0.505 e. The lowest BCUT2D eigenvalue weighted by atomic mass is 9.83. The summed E-state index contributed by atoms with van der Waals surface area (Å²) >= 11 is 1.21. The van der Waals surface area contributed by atoms with Gasteiger partial charge in [-0.05, 0) is 27.7 Å². The summed E-state index contributed by atoms with van der Waals surface area (Å²) in [6, 6.07) is 19.0. The molecule has 42 heavy (non-hydrogen) atoms. The molecular weight excluding hydrogens is 593 g/mol. The first-order valence-electron chi connectivity index (χ1n) is 13.5. The highest BCUT2D eigenvalue weighted by Crippen LogP contribution is 2.49. The van der Waals surface area contributed by atoms with Crippen molar-refractivity contribution in [2.75, 3.05) is 6.26 Å². The average molecular weight is 629 g/mol. The van der Waals surface area contributed by atoms with Gasteiger partial charge in [-0.2, -0.15) is 8.42 Å². The van der Waals surface area contributed by atoms with E-state index in [1.807, 2.05) is 60.7 Å². The molecule has 4 rings (SSSR count). The topological polar surface area (TPSA) is 119 Å². The number of fused-ring (bicyclic) bond motifs is 1. The van der Waals surface area contributed by atoms with Crippen LogP contribution in [0.5, 0.6) is 0 Å². The van der Waals surface area contributed by atoms with Gasteiger partial charge in [0.15, 0.2) is 0 Å². The Kier molecular flexibility index (Phi) is 9.21. The molecule has 2 heterocycles. The van der Waals surface area contributed by atoms with Gasteiger partial charge < -0.3 is 14.6 Å². The molecule has 0 spiro atoms. The zero-order valence-corrected chi connectivity index (χ0v) is 27.1. The van der Waals surface area contributed by atoms with E-state index in [0.29, 0.717) is 11.3 Å². The van der Waals surface area contributed by atoms with Crippen LogP contribution in [-0.4, -0.2) is 57.8 Å². The Morgan fingerprint density at radius 1 is 1.07 bits per heavy atom. The Balaban J connectivity index is 1.78. The Labute approximate surface area is 252 Å². The van der Waals surface area contributed by atoms with Crippen molar-refractivity contribution in [2.45, 2.75) is 58.2 Å². The van der Waals surface area contributed by atoms with Gasteiger partial charge in [0.25, 0.3) is 10.1 Å². The fourth-order valence-electron chi connectivity index (χ4n) is 5.75. The van der Waals surface area contributed by atoms with Crippen LogP contribution in [0, 0.1) is 5.92 Å². The number of rotatable bonds is 10. The highest BCUT2D eigenvalue weighted by atomic mass is 32.2. The van der Waals surface area contributed by atoms with Crippen LogP contribution in [0.15, 0.2) is 82.9 Å². The Morgan fingerprint density at radius 2 is 1.62 bits per heavy atom. The largest absolute Gasteiger partial charge is 0.505 e. The number of carbonyl (C=O) groups is 3. The lowest BCUT2D eigenvalue weighted by molar-refractivity contribution is -0.159. The molecule has 1 fully saturated rings. The van der Waals surface area contributed by atoms with E-state index in [1.54, 1.807) is 12.3 Å². The normalized spacial score (nSPS) is 19.9. The summed E-state index contributed by atoms with van der Waals surface area (Å²) in [5, 5.41) is 5.55. The molecule has 2 aromatic carbocycles. The maximum absolute atomic E-state index is 14.4. The quantitative estimate of drug-likeness (QED) is 0.242. The lowest BCUT2D eigenvalue weighted by Gasteiger charge is -2.46. The van der Waals surface area contributed by atoms with Crippen molar-refractivity contribution in [3.8, 4) is 0 Å². The predicted octanol–water partition coefficient (Wildman–Crippen LogP) is 3.24. The van der Waals surface area contributed by atoms with E-state index >= 15 is 0 Å². The van der Waals surface area contributed by atoms with Crippen LogP contribution < -0.4 is 15.7 Å². The van der Waals surface area contributed by atoms with Gasteiger partial charge >= 0.3 is 14.3 Å². The Morgan fingerprint density at radius 3 is 2.10 bits per heavy atom. The number of carbonyl (C=O) groups excluding carboxylic acids is 3. The summed E-state index contributed by atoms with van der Waals surface area (Å²) in [7, 11) is -7.09. The highest BCUT2D eigenvalue weighted by molar-refractivity contribution is 8.05. The molecular formula is C30H36N2O7S2Si. The van der Waals surface area contributed by atoms with Crippen LogP contribution in [0.4, 0.5) is 0 Å². The molecule has 0 saturated carbocycles. The molecule has 224 valence electrons. The van der Waals surface area contributed by atoms with Crippen LogP contribution in [0.25, 0.3) is 0 Å². The molecule has 2 aliphatic heterocycles. The number of hydrogen-bond donors (Lipinski definition) is 1. The second-order valence-corrected chi connectivity index (χ2v) is 18.3. The van der Waals surface area contributed by atoms with E-state index in [0.717, 1.165) is 16.6 Å². The van der Waals surface area contributed by atoms with Gasteiger partial charge in [0.2, 0.25) is 11.8 Å². The molecule has 1 saturated heterocycles. The fourth-order valence-corrected chi connectivity index (χ4v) is 11.6. The van der Waals surface area contributed by atoms with Crippen molar-refractivity contribution >= 4 is 58.4 Å². The molecule has 2 aromatic rings. The smallest absolute Gasteiger partial charge is 0.343 e. The zero-order chi connectivity index (χ0) is 30.9. The van der Waals surface area contributed by atoms with Gasteiger partial charge in [0, 0.05) is 24.4 Å². The van der Waals surface area contributed by atoms with Gasteiger partial charge in [0.05, 0.1) is 24.3 Å². The van der Waals surface area contributed by atoms with Crippen molar-refractivity contribution in [1.82, 2.24) is 10.2 Å². The molecule has 0 aliphatic carbocycles. The third kappa shape index (κ3) is 6.26. The predicted molar refractivity (Wildman–Crippen MR) is 165 cm³/mol. The third-order valence-corrected chi connectivity index (χ3v) is 13.9. The Bertz CT molecular complexity index is 1480. The van der Waals surface area contributed by atoms with E-state index in [1.165, 1.54) is 29.8 Å². The minimum atomic E-state index is -3.79. The summed E-state index contributed by atoms with van der Waals surface area (Å²) in [6.45, 7) is 9.09. The van der Waals surface area contributed by atoms with Crippen LogP contribution in [-0.2, 0) is 33.1 Å². The molecule has 3 atom stereocenters. The summed E-state index contributed by atoms with van der Waals surface area (Å²) in [4.78, 5) is 41.2. The van der Waals surface area contributed by atoms with Crippen molar-refractivity contribution in [3.63, 3.8) is 0 Å². The zero-order valence-electron chi connectivity index (χ0n) is 24.5. The summed E-state index contributed by atoms with van der Waals surface area (Å²) in [5.74, 6) is -2.00. The van der Waals surface area contributed by atoms with Gasteiger partial charge in [-0.3, -0.25) is 13.8 Å². The SMILES string of the molecule is CC(=O)NC=CSC1=C(C(=O)O[Si](c2ccccc2)(c2ccccc2)C(C)(C)C)N2C(=O)[C@H]([C@H](C)OS(C)(=O)=O)[C@H]2C1. The number of nitrogens with one attached hydrogen (secondary N) is 1. The highest BCUT2D eigenvalue weighted by Gasteiger charge is 2.60. The Hall–Kier alpha value is -3.19. The van der Waals surface area contributed by atoms with Gasteiger partial charge in [-0.1, -0.05) is 93.2 Å². The average Bonchev–Trinajstić information content (AvgIpc) is 3.23. The number of hydrogen-bond acceptors (Lipinski definition) is 8. The van der Waals surface area contributed by atoms with Crippen LogP contribution in [0.2, 0.25) is 5.04 Å². The third-order valence-electron chi connectivity index (χ3n) is 7.42. The second kappa shape index (κ2) is 12.2. The molecule has 0 aromatic heterocycles. The molecule has 9 nitrogen and oxygen atoms in total. The van der Waals surface area contributed by atoms with E-state index in [9.17, 15) is 22.8 Å². The fraction of sp³-hybridized carbons (Fsp3) is 0.367. The monoisotopic (exact) mass is 628 g/mol. The van der Waals surface area contributed by atoms with E-state index < -0.39 is 53.4 Å². The molecule has 0 bridgehead atoms. The first kappa shape index (κ1) is 31.7. The summed E-state index contributed by atoms with van der Waals surface area (Å²) < 4.78 is 35.5. The molecule has 2 aliphatic rings. The number of thioether (sulfide) groups is 1. The molecule has 0 unspecified atom stereocenters. The van der Waals surface area contributed by atoms with Crippen molar-refractivity contribution in [2.24, 2.45) is 5.92 Å². The first-order chi connectivity index (χ1) is 19.7. The number of β-lactam (4-membered cyclic amide) rings is 1. The van der Waals surface area contributed by atoms with E-state index in [2.05, 4.69) is 26.1 Å². The van der Waals surface area contributed by atoms with Crippen molar-refractivity contribution < 1.29 is 31.4 Å². The van der Waals surface area contributed by atoms with E-state index in [4.69, 9.17) is 8.61 Å². The van der Waals surface area contributed by atoms with Crippen molar-refractivity contribution in [3.05, 3.63) is 82.9 Å². The number of benzene rings is 2. The van der Waals surface area contributed by atoms with Gasteiger partial charge in [-0.15, -0.1) is 0 Å². The lowest BCUT2D eigenvalue weighted by Crippen LogP contribution is -2.68. The van der Waals surface area contributed by atoms with Gasteiger partial charge in [-0.25, -0.2) is 4.79 Å². The van der Waals surface area contributed by atoms with Crippen LogP contribution in [0.1, 0.15) is 41.0 Å². The number of amides is 2. The standard InChI is InChI=1S/C30H36N2O7S2Si/c1-20(38-41(6,36)37)26-24-19-25(40-18-17-31-21(2)33)27(32(24)28(26)34)29(35)39-42(30(3,4)5,22-13-9-7-10-14-22)23-15-11-8-12-16-23/h7-18,20,24,26H,19H2,1-6H3,(H,31,33)/t20-,24+,26+/m0/s1. The van der Waals surface area contributed by atoms with Crippen LogP contribution >= 0.6 is 11.8 Å². The van der Waals surface area contributed by atoms with E-state index in [-0.39, 0.29) is 11.6 Å². The minimum absolute atomic E-state index is 0.137. The maximum atomic E-state index is 14.4. The first-order valence-corrected chi connectivity index (χ1v) is 18.2. The van der Waals surface area contributed by atoms with Crippen LogP contribution in [0.3, 0.4) is 0 Å². The molecule has 1 N–H and O–H groups in total. The van der Waals surface area contributed by atoms with Crippen molar-refractivity contribution in [1.29, 1.82) is 0 Å². The molecule has 12 heteroatoms. The summed E-state index contributed by atoms with van der Waals surface area (Å²) in [5.41, 5.74) is 0.137. The summed E-state index contributed by atoms with van der Waals surface area (Å²) in [6.07, 6.45) is 1.82. The molecule has 2 amide bonds. The molecule has 0 radical (unpaired) electrons. The number of nitrogens with zero attached hydrogens (tertiary/aromatic N) is 1. The van der Waals surface area contributed by atoms with Gasteiger partial charge in [0.1, 0.15) is 5.70 Å². The second-order valence-electron chi connectivity index (χ2n) is 11.5. The maximum Gasteiger partial charge on any atom is 0.343 e.